The molecule has 1 aliphatic heterocycles. The molecule has 0 aromatic heterocycles. The molecule has 2 rings (SSSR count). The summed E-state index contributed by atoms with van der Waals surface area (Å²) < 4.78 is 0. The number of allylic oxidation sites excluding steroid dienone is 2. The highest BCUT2D eigenvalue weighted by Gasteiger charge is 2.26. The number of amides is 4. The lowest BCUT2D eigenvalue weighted by Gasteiger charge is -2.18. The summed E-state index contributed by atoms with van der Waals surface area (Å²) in [6, 6.07) is 8.90. The van der Waals surface area contributed by atoms with E-state index in [1.54, 1.807) is 12.3 Å². The molecule has 0 spiro atoms. The van der Waals surface area contributed by atoms with Gasteiger partial charge >= 0.3 is 6.03 Å². The standard InChI is InChI=1S/C15H15N3O3/c1-2-18(11-7-4-3-5-8-11)10-6-9-12-13(19)16-15(21)17-14(12)20/h3-10H,2H2,1H3,(H2,16,17,19,20,21)/b10-6+. The van der Waals surface area contributed by atoms with Gasteiger partial charge in [0, 0.05) is 18.4 Å². The number of barbiturate groups is 1. The SMILES string of the molecule is CCN(/C=C/C=C1C(=O)NC(=O)NC1=O)c1ccccc1. The van der Waals surface area contributed by atoms with E-state index in [4.69, 9.17) is 0 Å². The van der Waals surface area contributed by atoms with Gasteiger partial charge in [-0.15, -0.1) is 0 Å². The quantitative estimate of drug-likeness (QED) is 0.646. The van der Waals surface area contributed by atoms with E-state index in [9.17, 15) is 14.4 Å². The predicted octanol–water partition coefficient (Wildman–Crippen LogP) is 1.32. The van der Waals surface area contributed by atoms with E-state index >= 15 is 0 Å². The second-order valence-electron chi connectivity index (χ2n) is 4.28. The fourth-order valence-corrected chi connectivity index (χ4v) is 1.86. The van der Waals surface area contributed by atoms with Crippen molar-refractivity contribution < 1.29 is 14.4 Å². The van der Waals surface area contributed by atoms with Crippen molar-refractivity contribution >= 4 is 23.5 Å². The lowest BCUT2D eigenvalue weighted by Crippen LogP contribution is -2.51. The highest BCUT2D eigenvalue weighted by Crippen LogP contribution is 2.13. The van der Waals surface area contributed by atoms with Crippen molar-refractivity contribution in [3.63, 3.8) is 0 Å². The van der Waals surface area contributed by atoms with Crippen molar-refractivity contribution in [3.05, 3.63) is 54.3 Å². The van der Waals surface area contributed by atoms with Gasteiger partial charge in [0.25, 0.3) is 11.8 Å². The molecule has 21 heavy (non-hydrogen) atoms. The first-order valence-electron chi connectivity index (χ1n) is 6.48. The van der Waals surface area contributed by atoms with E-state index in [2.05, 4.69) is 0 Å². The second kappa shape index (κ2) is 6.51. The van der Waals surface area contributed by atoms with Gasteiger partial charge in [-0.3, -0.25) is 20.2 Å². The van der Waals surface area contributed by atoms with Crippen molar-refractivity contribution in [3.8, 4) is 0 Å². The predicted molar refractivity (Wildman–Crippen MR) is 78.4 cm³/mol. The van der Waals surface area contributed by atoms with Crippen molar-refractivity contribution in [2.75, 3.05) is 11.4 Å². The molecule has 4 amide bonds. The molecule has 1 aromatic rings. The molecule has 0 atom stereocenters. The number of anilines is 1. The van der Waals surface area contributed by atoms with Crippen LogP contribution in [0.4, 0.5) is 10.5 Å². The summed E-state index contributed by atoms with van der Waals surface area (Å²) in [5, 5.41) is 4.04. The van der Waals surface area contributed by atoms with Crippen LogP contribution in [0.5, 0.6) is 0 Å². The Morgan fingerprint density at radius 1 is 1.05 bits per heavy atom. The maximum Gasteiger partial charge on any atom is 0.328 e. The zero-order chi connectivity index (χ0) is 15.2. The summed E-state index contributed by atoms with van der Waals surface area (Å²) in [7, 11) is 0. The Kier molecular flexibility index (Phi) is 4.50. The molecule has 1 heterocycles. The molecule has 0 saturated carbocycles. The van der Waals surface area contributed by atoms with Gasteiger partial charge in [-0.25, -0.2) is 4.79 Å². The van der Waals surface area contributed by atoms with E-state index in [-0.39, 0.29) is 5.57 Å². The highest BCUT2D eigenvalue weighted by molar-refractivity contribution is 6.29. The maximum atomic E-state index is 11.5. The number of carbonyl (C=O) groups is 3. The number of hydrogen-bond acceptors (Lipinski definition) is 4. The van der Waals surface area contributed by atoms with Gasteiger partial charge in [-0.1, -0.05) is 18.2 Å². The van der Waals surface area contributed by atoms with Gasteiger partial charge in [0.15, 0.2) is 0 Å². The maximum absolute atomic E-state index is 11.5. The van der Waals surface area contributed by atoms with E-state index in [1.807, 2.05) is 52.8 Å². The number of imide groups is 2. The Morgan fingerprint density at radius 3 is 2.24 bits per heavy atom. The molecule has 1 aliphatic rings. The van der Waals surface area contributed by atoms with Gasteiger partial charge in [0.2, 0.25) is 0 Å². The number of para-hydroxylation sites is 1. The third-order valence-electron chi connectivity index (χ3n) is 2.90. The minimum atomic E-state index is -0.800. The monoisotopic (exact) mass is 285 g/mol. The average Bonchev–Trinajstić information content (AvgIpc) is 2.46. The second-order valence-corrected chi connectivity index (χ2v) is 4.28. The topological polar surface area (TPSA) is 78.5 Å². The van der Waals surface area contributed by atoms with Crippen LogP contribution in [0.25, 0.3) is 0 Å². The number of rotatable bonds is 4. The van der Waals surface area contributed by atoms with Crippen LogP contribution in [-0.4, -0.2) is 24.4 Å². The Morgan fingerprint density at radius 2 is 1.67 bits per heavy atom. The summed E-state index contributed by atoms with van der Waals surface area (Å²) in [5.41, 5.74) is 0.900. The lowest BCUT2D eigenvalue weighted by atomic mass is 10.2. The summed E-state index contributed by atoms with van der Waals surface area (Å²) in [6.45, 7) is 2.73. The van der Waals surface area contributed by atoms with Crippen molar-refractivity contribution in [1.29, 1.82) is 0 Å². The van der Waals surface area contributed by atoms with Crippen LogP contribution in [0, 0.1) is 0 Å². The molecule has 0 radical (unpaired) electrons. The Bertz CT molecular complexity index is 598. The van der Waals surface area contributed by atoms with Crippen LogP contribution in [0.2, 0.25) is 0 Å². The van der Waals surface area contributed by atoms with Crippen LogP contribution < -0.4 is 15.5 Å². The minimum absolute atomic E-state index is 0.102. The molecule has 2 N–H and O–H groups in total. The van der Waals surface area contributed by atoms with Gasteiger partial charge in [0.1, 0.15) is 5.57 Å². The van der Waals surface area contributed by atoms with E-state index < -0.39 is 17.8 Å². The van der Waals surface area contributed by atoms with E-state index in [0.717, 1.165) is 12.2 Å². The summed E-state index contributed by atoms with van der Waals surface area (Å²) in [4.78, 5) is 35.9. The zero-order valence-electron chi connectivity index (χ0n) is 11.5. The fourth-order valence-electron chi connectivity index (χ4n) is 1.86. The van der Waals surface area contributed by atoms with Crippen molar-refractivity contribution in [2.24, 2.45) is 0 Å². The Labute approximate surface area is 122 Å². The number of nitrogens with zero attached hydrogens (tertiary/aromatic N) is 1. The molecule has 6 heteroatoms. The van der Waals surface area contributed by atoms with Crippen LogP contribution in [0.3, 0.4) is 0 Å². The molecule has 1 aromatic carbocycles. The lowest BCUT2D eigenvalue weighted by molar-refractivity contribution is -0.124. The Hall–Kier alpha value is -2.89. The molecule has 0 aliphatic carbocycles. The largest absolute Gasteiger partial charge is 0.348 e. The summed E-state index contributed by atoms with van der Waals surface area (Å²) in [5.74, 6) is -1.40. The summed E-state index contributed by atoms with van der Waals surface area (Å²) in [6.07, 6.45) is 4.74. The molecule has 0 bridgehead atoms. The molecular formula is C15H15N3O3. The smallest absolute Gasteiger partial charge is 0.328 e. The van der Waals surface area contributed by atoms with Crippen molar-refractivity contribution in [2.45, 2.75) is 6.92 Å². The normalized spacial score (nSPS) is 14.9. The van der Waals surface area contributed by atoms with Crippen LogP contribution in [-0.2, 0) is 9.59 Å². The molecule has 1 saturated heterocycles. The molecule has 108 valence electrons. The number of nitrogens with one attached hydrogen (secondary N) is 2. The van der Waals surface area contributed by atoms with Crippen LogP contribution in [0.1, 0.15) is 6.92 Å². The number of urea groups is 1. The van der Waals surface area contributed by atoms with Gasteiger partial charge in [-0.2, -0.15) is 0 Å². The van der Waals surface area contributed by atoms with Crippen molar-refractivity contribution in [1.82, 2.24) is 10.6 Å². The van der Waals surface area contributed by atoms with E-state index in [0.29, 0.717) is 0 Å². The third-order valence-corrected chi connectivity index (χ3v) is 2.90. The average molecular weight is 285 g/mol. The van der Waals surface area contributed by atoms with Gasteiger partial charge in [-0.05, 0) is 31.2 Å². The molecule has 6 nitrogen and oxygen atoms in total. The number of benzene rings is 1. The summed E-state index contributed by atoms with van der Waals surface area (Å²) >= 11 is 0. The minimum Gasteiger partial charge on any atom is -0.348 e. The number of carbonyl (C=O) groups excluding carboxylic acids is 3. The molecular weight excluding hydrogens is 270 g/mol. The van der Waals surface area contributed by atoms with E-state index in [1.165, 1.54) is 6.08 Å². The molecule has 0 unspecified atom stereocenters. The molecule has 1 fully saturated rings. The van der Waals surface area contributed by atoms with Gasteiger partial charge < -0.3 is 4.90 Å². The van der Waals surface area contributed by atoms with Crippen LogP contribution in [0.15, 0.2) is 54.3 Å². The first-order chi connectivity index (χ1) is 10.1. The first kappa shape index (κ1) is 14.5. The number of hydrogen-bond donors (Lipinski definition) is 2. The fraction of sp³-hybridized carbons (Fsp3) is 0.133. The third kappa shape index (κ3) is 3.56. The van der Waals surface area contributed by atoms with Crippen LogP contribution >= 0.6 is 0 Å². The van der Waals surface area contributed by atoms with Gasteiger partial charge in [0.05, 0.1) is 0 Å². The zero-order valence-corrected chi connectivity index (χ0v) is 11.5. The highest BCUT2D eigenvalue weighted by atomic mass is 16.2. The first-order valence-corrected chi connectivity index (χ1v) is 6.48. The Balaban J connectivity index is 2.13.